The van der Waals surface area contributed by atoms with Gasteiger partial charge in [0.25, 0.3) is 5.91 Å². The van der Waals surface area contributed by atoms with Gasteiger partial charge in [-0.2, -0.15) is 0 Å². The first kappa shape index (κ1) is 12.9. The van der Waals surface area contributed by atoms with E-state index in [-0.39, 0.29) is 19.1 Å². The van der Waals surface area contributed by atoms with Crippen LogP contribution in [0.3, 0.4) is 0 Å². The highest BCUT2D eigenvalue weighted by atomic mass is 16.3. The summed E-state index contributed by atoms with van der Waals surface area (Å²) in [5.74, 6) is -0.247. The molecule has 0 fully saturated rings. The Morgan fingerprint density at radius 2 is 2.17 bits per heavy atom. The van der Waals surface area contributed by atoms with Crippen molar-refractivity contribution in [1.82, 2.24) is 5.32 Å². The highest BCUT2D eigenvalue weighted by Crippen LogP contribution is 2.25. The molecule has 0 unspecified atom stereocenters. The Labute approximate surface area is 106 Å². The van der Waals surface area contributed by atoms with Crippen LogP contribution in [0.4, 0.5) is 5.69 Å². The number of rotatable bonds is 4. The fraction of sp³-hybridized carbons (Fsp3) is 0.462. The second-order valence-electron chi connectivity index (χ2n) is 4.40. The van der Waals surface area contributed by atoms with Gasteiger partial charge in [-0.15, -0.1) is 0 Å². The van der Waals surface area contributed by atoms with Crippen LogP contribution in [-0.4, -0.2) is 41.9 Å². The standard InChI is InChI=1S/C13H18N2O3/c16-7-9(8-17)15-13(18)11-3-1-5-12-10(11)4-2-6-14-12/h1,3,5,9,14,16-17H,2,4,6-8H2,(H,15,18). The molecule has 1 aliphatic heterocycles. The van der Waals surface area contributed by atoms with Crippen LogP contribution in [0.1, 0.15) is 22.3 Å². The number of hydrogen-bond acceptors (Lipinski definition) is 4. The summed E-state index contributed by atoms with van der Waals surface area (Å²) in [5, 5.41) is 23.8. The molecule has 1 heterocycles. The van der Waals surface area contributed by atoms with Gasteiger partial charge in [-0.3, -0.25) is 4.79 Å². The van der Waals surface area contributed by atoms with E-state index in [0.29, 0.717) is 5.56 Å². The van der Waals surface area contributed by atoms with Crippen molar-refractivity contribution in [1.29, 1.82) is 0 Å². The Morgan fingerprint density at radius 1 is 1.39 bits per heavy atom. The van der Waals surface area contributed by atoms with Crippen LogP contribution >= 0.6 is 0 Å². The molecule has 0 aliphatic carbocycles. The van der Waals surface area contributed by atoms with E-state index < -0.39 is 6.04 Å². The fourth-order valence-corrected chi connectivity index (χ4v) is 2.13. The normalized spacial score (nSPS) is 13.9. The van der Waals surface area contributed by atoms with Gasteiger partial charge < -0.3 is 20.8 Å². The molecule has 18 heavy (non-hydrogen) atoms. The van der Waals surface area contributed by atoms with Gasteiger partial charge in [0, 0.05) is 17.8 Å². The van der Waals surface area contributed by atoms with E-state index in [1.54, 1.807) is 6.07 Å². The van der Waals surface area contributed by atoms with Crippen molar-refractivity contribution in [3.8, 4) is 0 Å². The minimum atomic E-state index is -0.607. The molecular formula is C13H18N2O3. The molecule has 0 atom stereocenters. The molecule has 5 nitrogen and oxygen atoms in total. The average molecular weight is 250 g/mol. The van der Waals surface area contributed by atoms with Crippen molar-refractivity contribution in [3.05, 3.63) is 29.3 Å². The highest BCUT2D eigenvalue weighted by molar-refractivity contribution is 5.97. The first-order chi connectivity index (χ1) is 8.76. The third-order valence-electron chi connectivity index (χ3n) is 3.12. The van der Waals surface area contributed by atoms with Crippen LogP contribution in [0.2, 0.25) is 0 Å². The van der Waals surface area contributed by atoms with Crippen LogP contribution in [-0.2, 0) is 6.42 Å². The lowest BCUT2D eigenvalue weighted by Gasteiger charge is -2.21. The number of amides is 1. The molecule has 1 aliphatic rings. The van der Waals surface area contributed by atoms with Crippen molar-refractivity contribution >= 4 is 11.6 Å². The van der Waals surface area contributed by atoms with Gasteiger partial charge in [0.15, 0.2) is 0 Å². The third-order valence-corrected chi connectivity index (χ3v) is 3.12. The van der Waals surface area contributed by atoms with Crippen molar-refractivity contribution < 1.29 is 15.0 Å². The smallest absolute Gasteiger partial charge is 0.252 e. The van der Waals surface area contributed by atoms with E-state index >= 15 is 0 Å². The summed E-state index contributed by atoms with van der Waals surface area (Å²) < 4.78 is 0. The number of carbonyl (C=O) groups is 1. The van der Waals surface area contributed by atoms with Gasteiger partial charge in [0.05, 0.1) is 19.3 Å². The highest BCUT2D eigenvalue weighted by Gasteiger charge is 2.19. The Morgan fingerprint density at radius 3 is 2.89 bits per heavy atom. The predicted octanol–water partition coefficient (Wildman–Crippen LogP) is 0.128. The Kier molecular flexibility index (Phi) is 4.17. The van der Waals surface area contributed by atoms with Crippen molar-refractivity contribution in [2.24, 2.45) is 0 Å². The van der Waals surface area contributed by atoms with Crippen molar-refractivity contribution in [3.63, 3.8) is 0 Å². The van der Waals surface area contributed by atoms with E-state index in [1.807, 2.05) is 12.1 Å². The van der Waals surface area contributed by atoms with E-state index in [0.717, 1.165) is 30.6 Å². The summed E-state index contributed by atoms with van der Waals surface area (Å²) >= 11 is 0. The molecule has 1 amide bonds. The Hall–Kier alpha value is -1.59. The maximum atomic E-state index is 12.1. The zero-order valence-corrected chi connectivity index (χ0v) is 10.1. The Bertz CT molecular complexity index is 430. The molecule has 5 heteroatoms. The molecule has 0 saturated carbocycles. The summed E-state index contributed by atoms with van der Waals surface area (Å²) in [6.45, 7) is 0.388. The maximum Gasteiger partial charge on any atom is 0.252 e. The first-order valence-electron chi connectivity index (χ1n) is 6.14. The molecule has 2 rings (SSSR count). The van der Waals surface area contributed by atoms with Gasteiger partial charge in [0.2, 0.25) is 0 Å². The molecule has 0 saturated heterocycles. The SMILES string of the molecule is O=C(NC(CO)CO)c1cccc2c1CCCN2. The van der Waals surface area contributed by atoms with Gasteiger partial charge in [-0.05, 0) is 30.5 Å². The monoisotopic (exact) mass is 250 g/mol. The number of nitrogens with one attached hydrogen (secondary N) is 2. The minimum absolute atomic E-state index is 0.247. The van der Waals surface area contributed by atoms with Gasteiger partial charge >= 0.3 is 0 Å². The minimum Gasteiger partial charge on any atom is -0.394 e. The predicted molar refractivity (Wildman–Crippen MR) is 68.7 cm³/mol. The summed E-state index contributed by atoms with van der Waals surface area (Å²) in [4.78, 5) is 12.1. The van der Waals surface area contributed by atoms with E-state index in [4.69, 9.17) is 10.2 Å². The number of anilines is 1. The van der Waals surface area contributed by atoms with Crippen molar-refractivity contribution in [2.75, 3.05) is 25.1 Å². The number of benzene rings is 1. The van der Waals surface area contributed by atoms with E-state index in [1.165, 1.54) is 0 Å². The first-order valence-corrected chi connectivity index (χ1v) is 6.14. The van der Waals surface area contributed by atoms with E-state index in [9.17, 15) is 4.79 Å². The third kappa shape index (κ3) is 2.63. The second-order valence-corrected chi connectivity index (χ2v) is 4.40. The van der Waals surface area contributed by atoms with Crippen LogP contribution in [0.15, 0.2) is 18.2 Å². The van der Waals surface area contributed by atoms with Gasteiger partial charge in [-0.1, -0.05) is 6.07 Å². The number of carbonyl (C=O) groups excluding carboxylic acids is 1. The molecule has 4 N–H and O–H groups in total. The van der Waals surface area contributed by atoms with Crippen LogP contribution < -0.4 is 10.6 Å². The lowest BCUT2D eigenvalue weighted by atomic mass is 9.97. The quantitative estimate of drug-likeness (QED) is 0.612. The molecule has 98 valence electrons. The van der Waals surface area contributed by atoms with Gasteiger partial charge in [-0.25, -0.2) is 0 Å². The van der Waals surface area contributed by atoms with Crippen LogP contribution in [0.25, 0.3) is 0 Å². The molecule has 0 radical (unpaired) electrons. The average Bonchev–Trinajstić information content (AvgIpc) is 2.43. The fourth-order valence-electron chi connectivity index (χ4n) is 2.13. The summed E-state index contributed by atoms with van der Waals surface area (Å²) in [6.07, 6.45) is 1.87. The molecule has 1 aromatic rings. The lowest BCUT2D eigenvalue weighted by molar-refractivity contribution is 0.0878. The number of fused-ring (bicyclic) bond motifs is 1. The largest absolute Gasteiger partial charge is 0.394 e. The Balaban J connectivity index is 2.20. The molecule has 1 aromatic carbocycles. The number of aliphatic hydroxyl groups is 2. The van der Waals surface area contributed by atoms with Gasteiger partial charge in [0.1, 0.15) is 0 Å². The molecule has 0 aromatic heterocycles. The van der Waals surface area contributed by atoms with E-state index in [2.05, 4.69) is 10.6 Å². The van der Waals surface area contributed by atoms with Crippen molar-refractivity contribution in [2.45, 2.75) is 18.9 Å². The maximum absolute atomic E-state index is 12.1. The topological polar surface area (TPSA) is 81.6 Å². The summed E-state index contributed by atoms with van der Waals surface area (Å²) in [6, 6.07) is 4.96. The summed E-state index contributed by atoms with van der Waals surface area (Å²) in [5.41, 5.74) is 2.63. The van der Waals surface area contributed by atoms with Crippen LogP contribution in [0.5, 0.6) is 0 Å². The van der Waals surface area contributed by atoms with Crippen LogP contribution in [0, 0.1) is 0 Å². The zero-order chi connectivity index (χ0) is 13.0. The molecule has 0 bridgehead atoms. The zero-order valence-electron chi connectivity index (χ0n) is 10.1. The lowest BCUT2D eigenvalue weighted by Crippen LogP contribution is -2.40. The molecular weight excluding hydrogens is 232 g/mol. The second kappa shape index (κ2) is 5.84. The summed E-state index contributed by atoms with van der Waals surface area (Å²) in [7, 11) is 0. The number of hydrogen-bond donors (Lipinski definition) is 4. The number of aliphatic hydroxyl groups excluding tert-OH is 2. The molecule has 0 spiro atoms.